The van der Waals surface area contributed by atoms with Gasteiger partial charge in [0.15, 0.2) is 6.29 Å². The zero-order chi connectivity index (χ0) is 47.3. The van der Waals surface area contributed by atoms with E-state index in [4.69, 9.17) is 9.47 Å². The third kappa shape index (κ3) is 15.0. The van der Waals surface area contributed by atoms with Crippen LogP contribution >= 0.6 is 0 Å². The third-order valence-corrected chi connectivity index (χ3v) is 9.07. The predicted molar refractivity (Wildman–Crippen MR) is 234 cm³/mol. The molecule has 0 saturated heterocycles. The first-order valence-corrected chi connectivity index (χ1v) is 19.5. The Morgan fingerprint density at radius 2 is 1.12 bits per heavy atom. The number of carbonyl (C=O) groups is 4. The van der Waals surface area contributed by atoms with Crippen molar-refractivity contribution >= 4 is 35.4 Å². The number of nitrogens with one attached hydrogen (secondary N) is 2. The molecule has 5 aromatic rings. The van der Waals surface area contributed by atoms with Crippen molar-refractivity contribution in [2.45, 2.75) is 25.8 Å². The van der Waals surface area contributed by atoms with Crippen LogP contribution in [-0.2, 0) is 22.4 Å². The van der Waals surface area contributed by atoms with Gasteiger partial charge in [0.2, 0.25) is 11.8 Å². The minimum atomic E-state index is -1.50. The molecule has 0 aliphatic rings. The minimum absolute atomic E-state index is 0.0116. The summed E-state index contributed by atoms with van der Waals surface area (Å²) in [4.78, 5) is 52.8. The van der Waals surface area contributed by atoms with Gasteiger partial charge in [-0.05, 0) is 110 Å². The summed E-state index contributed by atoms with van der Waals surface area (Å²) in [6, 6.07) is 19.7. The molecule has 64 heavy (non-hydrogen) atoms. The van der Waals surface area contributed by atoms with Crippen molar-refractivity contribution in [2.24, 2.45) is 0 Å². The van der Waals surface area contributed by atoms with Gasteiger partial charge in [-0.2, -0.15) is 0 Å². The molecule has 5 aromatic carbocycles. The monoisotopic (exact) mass is 890 g/mol. The largest absolute Gasteiger partial charge is 0.497 e. The highest BCUT2D eigenvalue weighted by atomic mass is 19.2. The Balaban J connectivity index is 0.000000329. The summed E-state index contributed by atoms with van der Waals surface area (Å²) >= 11 is 0. The number of rotatable bonds is 17. The maximum Gasteiger partial charge on any atom is 0.255 e. The molecule has 0 aliphatic heterocycles. The number of amides is 3. The second-order valence-corrected chi connectivity index (χ2v) is 13.5. The number of likely N-dealkylation sites (N-methyl/N-ethyl adjacent to an activating group) is 1. The molecular weight excluding hydrogens is 843 g/mol. The molecule has 3 amide bonds. The summed E-state index contributed by atoms with van der Waals surface area (Å²) in [5, 5.41) is 5.14. The van der Waals surface area contributed by atoms with Gasteiger partial charge in [0.05, 0.1) is 31.9 Å². The number of halogens is 6. The first kappa shape index (κ1) is 51.2. The molecule has 16 heteroatoms. The van der Waals surface area contributed by atoms with E-state index < -0.39 is 70.3 Å². The third-order valence-electron chi connectivity index (χ3n) is 9.07. The van der Waals surface area contributed by atoms with Crippen LogP contribution in [0.2, 0.25) is 0 Å². The van der Waals surface area contributed by atoms with Crippen LogP contribution in [0.1, 0.15) is 38.8 Å². The molecule has 0 radical (unpaired) electrons. The molecule has 2 N–H and O–H groups in total. The fourth-order valence-corrected chi connectivity index (χ4v) is 6.01. The molecule has 0 fully saturated rings. The predicted octanol–water partition coefficient (Wildman–Crippen LogP) is 8.59. The van der Waals surface area contributed by atoms with Crippen LogP contribution in [0.5, 0.6) is 11.5 Å². The Bertz CT molecular complexity index is 2340. The van der Waals surface area contributed by atoms with Crippen LogP contribution < -0.4 is 29.9 Å². The van der Waals surface area contributed by atoms with Gasteiger partial charge >= 0.3 is 0 Å². The lowest BCUT2D eigenvalue weighted by Gasteiger charge is -2.28. The van der Waals surface area contributed by atoms with Crippen LogP contribution in [0.15, 0.2) is 122 Å². The van der Waals surface area contributed by atoms with E-state index in [-0.39, 0.29) is 24.3 Å². The molecule has 1 unspecified atom stereocenters. The van der Waals surface area contributed by atoms with Crippen LogP contribution in [0.4, 0.5) is 37.7 Å². The van der Waals surface area contributed by atoms with Crippen molar-refractivity contribution in [3.8, 4) is 11.5 Å². The van der Waals surface area contributed by atoms with Crippen molar-refractivity contribution < 1.29 is 55.0 Å². The van der Waals surface area contributed by atoms with E-state index in [1.807, 2.05) is 31.2 Å². The maximum atomic E-state index is 14.5. The van der Waals surface area contributed by atoms with E-state index in [2.05, 4.69) is 23.8 Å². The summed E-state index contributed by atoms with van der Waals surface area (Å²) < 4.78 is 91.2. The van der Waals surface area contributed by atoms with Gasteiger partial charge in [-0.15, -0.1) is 13.2 Å². The zero-order valence-electron chi connectivity index (χ0n) is 35.6. The number of hydrogen-bond acceptors (Lipinski definition) is 7. The standard InChI is InChI=1S/C27H22F4N2O4.C13H18N2O2.C8H8F2/c1-3-10-33(19-4-6-20(37-2)7-5-19)27(36)24(13-16-11-17(28)14-18(29)12-16)32-26(35)25-21(15-34)22(30)8-9-23(25)31;1-4-9-15(13(16)10-14-2)11-5-7-12(17-3)8-6-11;1-2-6-3-7(9)5-8(10)4-6/h3-9,11-12,14-15,24H,1,10,13H2,2H3,(H,32,35);4-8,14H,1,9-10H2,2-3H3;3-5H,2H2,1H3. The summed E-state index contributed by atoms with van der Waals surface area (Å²) in [5.74, 6) is -5.87. The number of aryl methyl sites for hydroxylation is 1. The molecule has 10 nitrogen and oxygen atoms in total. The average Bonchev–Trinajstić information content (AvgIpc) is 3.27. The van der Waals surface area contributed by atoms with Crippen LogP contribution in [0, 0.1) is 34.9 Å². The van der Waals surface area contributed by atoms with Crippen molar-refractivity contribution in [3.05, 3.63) is 180 Å². The second kappa shape index (κ2) is 25.7. The quantitative estimate of drug-likeness (QED) is 0.0546. The van der Waals surface area contributed by atoms with Crippen LogP contribution in [0.25, 0.3) is 0 Å². The highest BCUT2D eigenvalue weighted by Gasteiger charge is 2.30. The lowest BCUT2D eigenvalue weighted by molar-refractivity contribution is -0.120. The smallest absolute Gasteiger partial charge is 0.255 e. The summed E-state index contributed by atoms with van der Waals surface area (Å²) in [5.41, 5.74) is 0.181. The van der Waals surface area contributed by atoms with E-state index in [1.165, 1.54) is 30.2 Å². The first-order valence-electron chi connectivity index (χ1n) is 19.5. The van der Waals surface area contributed by atoms with E-state index in [9.17, 15) is 45.5 Å². The fraction of sp³-hybridized carbons (Fsp3) is 0.208. The number of methoxy groups -OCH3 is 2. The number of aldehydes is 1. The van der Waals surface area contributed by atoms with Gasteiger partial charge in [0, 0.05) is 43.0 Å². The number of nitrogens with zero attached hydrogens (tertiary/aromatic N) is 2. The lowest BCUT2D eigenvalue weighted by atomic mass is 10.0. The topological polar surface area (TPSA) is 117 Å². The highest BCUT2D eigenvalue weighted by Crippen LogP contribution is 2.23. The van der Waals surface area contributed by atoms with Gasteiger partial charge in [-0.1, -0.05) is 19.1 Å². The fourth-order valence-electron chi connectivity index (χ4n) is 6.01. The molecule has 338 valence electrons. The number of hydrogen-bond donors (Lipinski definition) is 2. The number of anilines is 2. The zero-order valence-corrected chi connectivity index (χ0v) is 35.6. The van der Waals surface area contributed by atoms with E-state index in [0.29, 0.717) is 54.7 Å². The molecule has 0 saturated carbocycles. The van der Waals surface area contributed by atoms with Crippen molar-refractivity contribution in [2.75, 3.05) is 50.7 Å². The SMILES string of the molecule is C=CCN(C(=O)C(Cc1cc(F)cc(F)c1)NC(=O)c1c(F)ccc(F)c1C=O)c1ccc(OC)cc1.C=CCN(C(=O)CNC)c1ccc(OC)cc1.CCc1cc(F)cc(F)c1. The summed E-state index contributed by atoms with van der Waals surface area (Å²) in [6.45, 7) is 9.92. The van der Waals surface area contributed by atoms with E-state index in [1.54, 1.807) is 49.4 Å². The number of ether oxygens (including phenoxy) is 2. The molecule has 0 aromatic heterocycles. The Hall–Kier alpha value is -7.20. The second-order valence-electron chi connectivity index (χ2n) is 13.5. The van der Waals surface area contributed by atoms with Gasteiger partial charge in [-0.25, -0.2) is 26.3 Å². The Kier molecular flexibility index (Phi) is 20.5. The molecule has 1 atom stereocenters. The lowest BCUT2D eigenvalue weighted by Crippen LogP contribution is -2.50. The van der Waals surface area contributed by atoms with Crippen LogP contribution in [-0.4, -0.2) is 71.0 Å². The first-order chi connectivity index (χ1) is 30.6. The molecule has 0 bridgehead atoms. The summed E-state index contributed by atoms with van der Waals surface area (Å²) in [6.07, 6.45) is 3.36. The average molecular weight is 891 g/mol. The Labute approximate surface area is 367 Å². The van der Waals surface area contributed by atoms with Gasteiger partial charge in [0.1, 0.15) is 52.4 Å². The molecular formula is C48H48F6N4O6. The van der Waals surface area contributed by atoms with Crippen LogP contribution in [0.3, 0.4) is 0 Å². The van der Waals surface area contributed by atoms with E-state index in [0.717, 1.165) is 29.6 Å². The van der Waals surface area contributed by atoms with Crippen molar-refractivity contribution in [1.82, 2.24) is 10.6 Å². The number of benzene rings is 5. The number of carbonyl (C=O) groups excluding carboxylic acids is 4. The van der Waals surface area contributed by atoms with Crippen molar-refractivity contribution in [1.29, 1.82) is 0 Å². The highest BCUT2D eigenvalue weighted by molar-refractivity contribution is 6.06. The minimum Gasteiger partial charge on any atom is -0.497 e. The normalized spacial score (nSPS) is 10.7. The Morgan fingerprint density at radius 1 is 0.672 bits per heavy atom. The molecule has 0 spiro atoms. The molecule has 0 heterocycles. The molecule has 5 rings (SSSR count). The van der Waals surface area contributed by atoms with E-state index >= 15 is 0 Å². The van der Waals surface area contributed by atoms with Gasteiger partial charge < -0.3 is 29.9 Å². The van der Waals surface area contributed by atoms with Gasteiger partial charge in [-0.3, -0.25) is 19.2 Å². The molecule has 0 aliphatic carbocycles. The maximum absolute atomic E-state index is 14.5. The summed E-state index contributed by atoms with van der Waals surface area (Å²) in [7, 11) is 4.82. The van der Waals surface area contributed by atoms with Gasteiger partial charge in [0.25, 0.3) is 5.91 Å². The Morgan fingerprint density at radius 3 is 1.56 bits per heavy atom. The van der Waals surface area contributed by atoms with Crippen molar-refractivity contribution in [3.63, 3.8) is 0 Å².